The van der Waals surface area contributed by atoms with Gasteiger partial charge in [-0.25, -0.2) is 14.5 Å². The summed E-state index contributed by atoms with van der Waals surface area (Å²) >= 11 is 0. The van der Waals surface area contributed by atoms with Crippen LogP contribution >= 0.6 is 0 Å². The standard InChI is InChI=1S/C21H17NO6/c1-27-20(25)14-9-7-13(8-10-14)11-15-12-18(23)22(19(15)24)17-6-4-3-5-16(17)21(26)28-2/h3-11H,12H2,1-2H3. The number of anilines is 1. The third-order valence-electron chi connectivity index (χ3n) is 4.29. The molecule has 0 spiro atoms. The molecule has 7 heteroatoms. The van der Waals surface area contributed by atoms with Gasteiger partial charge in [0.05, 0.1) is 37.5 Å². The first kappa shape index (κ1) is 19.0. The minimum atomic E-state index is -0.632. The molecule has 2 aromatic carbocycles. The lowest BCUT2D eigenvalue weighted by Gasteiger charge is -2.16. The van der Waals surface area contributed by atoms with Crippen molar-refractivity contribution in [2.24, 2.45) is 0 Å². The number of rotatable bonds is 4. The van der Waals surface area contributed by atoms with E-state index in [1.807, 2.05) is 0 Å². The molecule has 0 aliphatic carbocycles. The van der Waals surface area contributed by atoms with Crippen LogP contribution in [0, 0.1) is 0 Å². The topological polar surface area (TPSA) is 90.0 Å². The molecule has 0 N–H and O–H groups in total. The van der Waals surface area contributed by atoms with Gasteiger partial charge >= 0.3 is 11.9 Å². The van der Waals surface area contributed by atoms with Crippen LogP contribution in [-0.2, 0) is 19.1 Å². The summed E-state index contributed by atoms with van der Waals surface area (Å²) in [5, 5.41) is 0. The van der Waals surface area contributed by atoms with Crippen molar-refractivity contribution in [1.82, 2.24) is 0 Å². The molecule has 1 saturated heterocycles. The van der Waals surface area contributed by atoms with Gasteiger partial charge in [0, 0.05) is 5.57 Å². The van der Waals surface area contributed by atoms with Crippen molar-refractivity contribution < 1.29 is 28.7 Å². The molecule has 28 heavy (non-hydrogen) atoms. The maximum absolute atomic E-state index is 12.8. The number of ether oxygens (including phenoxy) is 2. The van der Waals surface area contributed by atoms with Gasteiger partial charge in [-0.15, -0.1) is 0 Å². The van der Waals surface area contributed by atoms with Crippen LogP contribution in [0.5, 0.6) is 0 Å². The number of carbonyl (C=O) groups is 4. The van der Waals surface area contributed by atoms with E-state index in [1.54, 1.807) is 42.5 Å². The minimum absolute atomic E-state index is 0.0902. The van der Waals surface area contributed by atoms with E-state index in [0.717, 1.165) is 4.90 Å². The van der Waals surface area contributed by atoms with Gasteiger partial charge in [-0.05, 0) is 35.9 Å². The van der Waals surface area contributed by atoms with Gasteiger partial charge in [0.1, 0.15) is 0 Å². The van der Waals surface area contributed by atoms with Crippen molar-refractivity contribution in [3.05, 3.63) is 70.8 Å². The molecule has 2 amide bonds. The molecule has 2 aromatic rings. The van der Waals surface area contributed by atoms with Crippen molar-refractivity contribution in [2.75, 3.05) is 19.1 Å². The summed E-state index contributed by atoms with van der Waals surface area (Å²) < 4.78 is 9.37. The van der Waals surface area contributed by atoms with Gasteiger partial charge in [-0.1, -0.05) is 24.3 Å². The largest absolute Gasteiger partial charge is 0.465 e. The van der Waals surface area contributed by atoms with E-state index in [-0.39, 0.29) is 23.2 Å². The summed E-state index contributed by atoms with van der Waals surface area (Å²) in [5.41, 5.74) is 1.65. The Morgan fingerprint density at radius 3 is 2.21 bits per heavy atom. The summed E-state index contributed by atoms with van der Waals surface area (Å²) in [4.78, 5) is 49.7. The van der Waals surface area contributed by atoms with Crippen LogP contribution in [0.25, 0.3) is 6.08 Å². The van der Waals surface area contributed by atoms with Crippen molar-refractivity contribution >= 4 is 35.5 Å². The summed E-state index contributed by atoms with van der Waals surface area (Å²) in [7, 11) is 2.53. The highest BCUT2D eigenvalue weighted by molar-refractivity contribution is 6.30. The Bertz CT molecular complexity index is 990. The van der Waals surface area contributed by atoms with Gasteiger partial charge in [0.15, 0.2) is 0 Å². The van der Waals surface area contributed by atoms with Crippen LogP contribution in [0.15, 0.2) is 54.1 Å². The average Bonchev–Trinajstić information content (AvgIpc) is 3.00. The zero-order valence-corrected chi connectivity index (χ0v) is 15.3. The van der Waals surface area contributed by atoms with Crippen LogP contribution < -0.4 is 4.90 Å². The molecule has 1 aliphatic heterocycles. The molecule has 0 saturated carbocycles. The first-order valence-electron chi connectivity index (χ1n) is 8.40. The van der Waals surface area contributed by atoms with Crippen molar-refractivity contribution in [3.63, 3.8) is 0 Å². The van der Waals surface area contributed by atoms with Gasteiger partial charge in [-0.3, -0.25) is 9.59 Å². The molecule has 3 rings (SSSR count). The molecule has 142 valence electrons. The third-order valence-corrected chi connectivity index (χ3v) is 4.29. The lowest BCUT2D eigenvalue weighted by Crippen LogP contribution is -2.30. The third kappa shape index (κ3) is 3.55. The van der Waals surface area contributed by atoms with Crippen molar-refractivity contribution in [3.8, 4) is 0 Å². The van der Waals surface area contributed by atoms with Crippen molar-refractivity contribution in [1.29, 1.82) is 0 Å². The Morgan fingerprint density at radius 1 is 0.929 bits per heavy atom. The first-order chi connectivity index (χ1) is 13.5. The Kier molecular flexibility index (Phi) is 5.35. The zero-order chi connectivity index (χ0) is 20.3. The molecule has 1 heterocycles. The quantitative estimate of drug-likeness (QED) is 0.461. The second-order valence-electron chi connectivity index (χ2n) is 6.00. The molecule has 0 atom stereocenters. The van der Waals surface area contributed by atoms with E-state index in [0.29, 0.717) is 11.1 Å². The number of esters is 2. The fraction of sp³-hybridized carbons (Fsp3) is 0.143. The van der Waals surface area contributed by atoms with E-state index in [1.165, 1.54) is 26.4 Å². The predicted octanol–water partition coefficient (Wildman–Crippen LogP) is 2.61. The molecular formula is C21H17NO6. The molecular weight excluding hydrogens is 362 g/mol. The summed E-state index contributed by atoms with van der Waals surface area (Å²) in [6, 6.07) is 12.7. The van der Waals surface area contributed by atoms with Crippen LogP contribution in [0.3, 0.4) is 0 Å². The summed E-state index contributed by atoms with van der Waals surface area (Å²) in [6.07, 6.45) is 1.50. The highest BCUT2D eigenvalue weighted by atomic mass is 16.5. The van der Waals surface area contributed by atoms with E-state index < -0.39 is 23.8 Å². The highest BCUT2D eigenvalue weighted by Gasteiger charge is 2.36. The first-order valence-corrected chi connectivity index (χ1v) is 8.40. The van der Waals surface area contributed by atoms with Gasteiger partial charge in [0.25, 0.3) is 5.91 Å². The van der Waals surface area contributed by atoms with Gasteiger partial charge < -0.3 is 9.47 Å². The molecule has 0 unspecified atom stereocenters. The number of para-hydroxylation sites is 1. The number of benzene rings is 2. The van der Waals surface area contributed by atoms with E-state index in [9.17, 15) is 19.2 Å². The highest BCUT2D eigenvalue weighted by Crippen LogP contribution is 2.30. The van der Waals surface area contributed by atoms with Crippen LogP contribution in [0.1, 0.15) is 32.7 Å². The van der Waals surface area contributed by atoms with Crippen LogP contribution in [0.4, 0.5) is 5.69 Å². The maximum atomic E-state index is 12.8. The molecule has 1 aliphatic rings. The number of carbonyl (C=O) groups excluding carboxylic acids is 4. The zero-order valence-electron chi connectivity index (χ0n) is 15.3. The van der Waals surface area contributed by atoms with Gasteiger partial charge in [-0.2, -0.15) is 0 Å². The molecule has 0 bridgehead atoms. The van der Waals surface area contributed by atoms with Crippen molar-refractivity contribution in [2.45, 2.75) is 6.42 Å². The Morgan fingerprint density at radius 2 is 1.57 bits per heavy atom. The molecule has 0 aromatic heterocycles. The average molecular weight is 379 g/mol. The number of methoxy groups -OCH3 is 2. The molecule has 7 nitrogen and oxygen atoms in total. The molecule has 1 fully saturated rings. The fourth-order valence-corrected chi connectivity index (χ4v) is 2.92. The van der Waals surface area contributed by atoms with E-state index in [4.69, 9.17) is 4.74 Å². The Labute approximate surface area is 161 Å². The number of imide groups is 1. The van der Waals surface area contributed by atoms with Gasteiger partial charge in [0.2, 0.25) is 5.91 Å². The normalized spacial score (nSPS) is 15.1. The maximum Gasteiger partial charge on any atom is 0.339 e. The number of hydrogen-bond acceptors (Lipinski definition) is 6. The van der Waals surface area contributed by atoms with Crippen LogP contribution in [0.2, 0.25) is 0 Å². The Hall–Kier alpha value is -3.74. The SMILES string of the molecule is COC(=O)c1ccc(C=C2CC(=O)N(c3ccccc3C(=O)OC)C2=O)cc1. The number of hydrogen-bond donors (Lipinski definition) is 0. The lowest BCUT2D eigenvalue weighted by atomic mass is 10.1. The summed E-state index contributed by atoms with van der Waals surface area (Å²) in [6.45, 7) is 0. The minimum Gasteiger partial charge on any atom is -0.465 e. The second-order valence-corrected chi connectivity index (χ2v) is 6.00. The Balaban J connectivity index is 1.91. The number of amides is 2. The van der Waals surface area contributed by atoms with E-state index >= 15 is 0 Å². The molecule has 0 radical (unpaired) electrons. The number of nitrogens with zero attached hydrogens (tertiary/aromatic N) is 1. The lowest BCUT2D eigenvalue weighted by molar-refractivity contribution is -0.120. The summed E-state index contributed by atoms with van der Waals surface area (Å²) in [5.74, 6) is -2.03. The van der Waals surface area contributed by atoms with E-state index in [2.05, 4.69) is 4.74 Å². The van der Waals surface area contributed by atoms with Crippen LogP contribution in [-0.4, -0.2) is 38.0 Å². The second kappa shape index (κ2) is 7.87. The fourth-order valence-electron chi connectivity index (χ4n) is 2.92. The predicted molar refractivity (Wildman–Crippen MR) is 101 cm³/mol. The monoisotopic (exact) mass is 379 g/mol. The smallest absolute Gasteiger partial charge is 0.339 e.